The van der Waals surface area contributed by atoms with E-state index in [4.69, 9.17) is 9.47 Å². The van der Waals surface area contributed by atoms with Gasteiger partial charge in [-0.2, -0.15) is 0 Å². The van der Waals surface area contributed by atoms with Crippen molar-refractivity contribution in [1.82, 2.24) is 24.7 Å². The second kappa shape index (κ2) is 7.77. The number of amides is 2. The molecule has 1 aromatic rings. The zero-order chi connectivity index (χ0) is 18.8. The third-order valence-electron chi connectivity index (χ3n) is 5.39. The molecule has 4 heterocycles. The van der Waals surface area contributed by atoms with Gasteiger partial charge in [0.2, 0.25) is 0 Å². The van der Waals surface area contributed by atoms with Crippen LogP contribution in [0.1, 0.15) is 22.6 Å². The van der Waals surface area contributed by atoms with Gasteiger partial charge in [0.1, 0.15) is 11.8 Å². The highest BCUT2D eigenvalue weighted by atomic mass is 16.6. The van der Waals surface area contributed by atoms with Crippen LogP contribution in [-0.4, -0.2) is 101 Å². The van der Waals surface area contributed by atoms with Gasteiger partial charge in [0.05, 0.1) is 37.7 Å². The molecule has 0 bridgehead atoms. The van der Waals surface area contributed by atoms with Crippen LogP contribution in [0.4, 0.5) is 4.79 Å². The first kappa shape index (κ1) is 18.1. The first-order valence-corrected chi connectivity index (χ1v) is 9.47. The molecule has 3 fully saturated rings. The maximum atomic E-state index is 12.6. The summed E-state index contributed by atoms with van der Waals surface area (Å²) in [6.07, 6.45) is 3.44. The molecule has 1 aromatic heterocycles. The zero-order valence-electron chi connectivity index (χ0n) is 15.5. The van der Waals surface area contributed by atoms with Crippen LogP contribution in [0.15, 0.2) is 12.4 Å². The van der Waals surface area contributed by atoms with Gasteiger partial charge in [-0.3, -0.25) is 19.6 Å². The number of carbonyl (C=O) groups is 2. The van der Waals surface area contributed by atoms with Gasteiger partial charge in [0.25, 0.3) is 5.91 Å². The second-order valence-electron chi connectivity index (χ2n) is 7.24. The van der Waals surface area contributed by atoms with Crippen LogP contribution in [0.5, 0.6) is 0 Å². The first-order chi connectivity index (χ1) is 13.1. The Morgan fingerprint density at radius 1 is 1.19 bits per heavy atom. The van der Waals surface area contributed by atoms with Gasteiger partial charge in [-0.25, -0.2) is 9.78 Å². The highest BCUT2D eigenvalue weighted by molar-refractivity contribution is 5.92. The molecule has 27 heavy (non-hydrogen) atoms. The van der Waals surface area contributed by atoms with Crippen molar-refractivity contribution in [2.45, 2.75) is 25.5 Å². The molecule has 0 saturated carbocycles. The van der Waals surface area contributed by atoms with Crippen LogP contribution in [0, 0.1) is 6.92 Å². The molecular weight excluding hydrogens is 350 g/mol. The average Bonchev–Trinajstić information content (AvgIpc) is 3.21. The summed E-state index contributed by atoms with van der Waals surface area (Å²) >= 11 is 0. The number of carbonyl (C=O) groups excluding carboxylic acids is 2. The number of hydrogen-bond donors (Lipinski definition) is 0. The van der Waals surface area contributed by atoms with Crippen molar-refractivity contribution >= 4 is 12.0 Å². The van der Waals surface area contributed by atoms with E-state index in [1.165, 1.54) is 6.20 Å². The minimum Gasteiger partial charge on any atom is -0.442 e. The number of ether oxygens (including phenoxy) is 2. The molecule has 0 unspecified atom stereocenters. The molecule has 3 saturated heterocycles. The number of nitrogens with zero attached hydrogens (tertiary/aromatic N) is 5. The topological polar surface area (TPSA) is 88.1 Å². The van der Waals surface area contributed by atoms with Crippen molar-refractivity contribution < 1.29 is 19.1 Å². The van der Waals surface area contributed by atoms with Crippen LogP contribution in [-0.2, 0) is 9.47 Å². The van der Waals surface area contributed by atoms with E-state index in [1.54, 1.807) is 16.0 Å². The van der Waals surface area contributed by atoms with Crippen LogP contribution < -0.4 is 0 Å². The Labute approximate surface area is 158 Å². The van der Waals surface area contributed by atoms with Crippen molar-refractivity contribution in [3.05, 3.63) is 23.8 Å². The monoisotopic (exact) mass is 375 g/mol. The van der Waals surface area contributed by atoms with Gasteiger partial charge in [0.15, 0.2) is 0 Å². The minimum absolute atomic E-state index is 0.0791. The fourth-order valence-corrected chi connectivity index (χ4v) is 3.88. The van der Waals surface area contributed by atoms with Crippen molar-refractivity contribution in [2.24, 2.45) is 0 Å². The Kier molecular flexibility index (Phi) is 5.22. The van der Waals surface area contributed by atoms with Gasteiger partial charge in [0, 0.05) is 38.9 Å². The predicted octanol–water partition coefficient (Wildman–Crippen LogP) is 0.153. The van der Waals surface area contributed by atoms with Gasteiger partial charge >= 0.3 is 6.09 Å². The Balaban J connectivity index is 1.32. The number of morpholine rings is 1. The van der Waals surface area contributed by atoms with E-state index in [0.717, 1.165) is 45.0 Å². The lowest BCUT2D eigenvalue weighted by molar-refractivity contribution is 0.0362. The van der Waals surface area contributed by atoms with E-state index >= 15 is 0 Å². The van der Waals surface area contributed by atoms with Crippen LogP contribution in [0.3, 0.4) is 0 Å². The minimum atomic E-state index is -0.269. The smallest absolute Gasteiger partial charge is 0.410 e. The Bertz CT molecular complexity index is 691. The number of aromatic nitrogens is 2. The van der Waals surface area contributed by atoms with Gasteiger partial charge in [-0.05, 0) is 13.3 Å². The van der Waals surface area contributed by atoms with Crippen LogP contribution in [0.25, 0.3) is 0 Å². The number of rotatable bonds is 5. The van der Waals surface area contributed by atoms with Crippen LogP contribution in [0.2, 0.25) is 0 Å². The fourth-order valence-electron chi connectivity index (χ4n) is 3.88. The molecule has 146 valence electrons. The van der Waals surface area contributed by atoms with Crippen molar-refractivity contribution in [3.63, 3.8) is 0 Å². The molecule has 0 spiro atoms. The quantitative estimate of drug-likeness (QED) is 0.724. The molecule has 3 aliphatic heterocycles. The third kappa shape index (κ3) is 3.89. The maximum absolute atomic E-state index is 12.6. The summed E-state index contributed by atoms with van der Waals surface area (Å²) in [7, 11) is 0. The average molecular weight is 375 g/mol. The summed E-state index contributed by atoms with van der Waals surface area (Å²) in [5, 5.41) is 0. The molecule has 0 aliphatic carbocycles. The third-order valence-corrected chi connectivity index (χ3v) is 5.39. The van der Waals surface area contributed by atoms with Crippen LogP contribution >= 0.6 is 0 Å². The lowest BCUT2D eigenvalue weighted by atomic mass is 10.2. The van der Waals surface area contributed by atoms with E-state index in [-0.39, 0.29) is 24.1 Å². The summed E-state index contributed by atoms with van der Waals surface area (Å²) in [4.78, 5) is 39.0. The van der Waals surface area contributed by atoms with E-state index in [0.29, 0.717) is 25.3 Å². The molecular formula is C18H25N5O4. The van der Waals surface area contributed by atoms with Crippen molar-refractivity contribution in [3.8, 4) is 0 Å². The highest BCUT2D eigenvalue weighted by Crippen LogP contribution is 2.27. The molecule has 3 aliphatic rings. The Morgan fingerprint density at radius 3 is 2.74 bits per heavy atom. The number of hydrogen-bond acceptors (Lipinski definition) is 7. The van der Waals surface area contributed by atoms with E-state index in [9.17, 15) is 9.59 Å². The summed E-state index contributed by atoms with van der Waals surface area (Å²) in [6, 6.07) is -0.0791. The summed E-state index contributed by atoms with van der Waals surface area (Å²) in [6.45, 7) is 7.72. The Hall–Kier alpha value is -2.26. The molecule has 2 amide bonds. The van der Waals surface area contributed by atoms with Gasteiger partial charge in [-0.1, -0.05) is 0 Å². The van der Waals surface area contributed by atoms with Crippen molar-refractivity contribution in [2.75, 3.05) is 52.5 Å². The normalized spacial score (nSPS) is 25.6. The number of likely N-dealkylation sites (tertiary alicyclic amines) is 1. The van der Waals surface area contributed by atoms with E-state index in [2.05, 4.69) is 14.9 Å². The SMILES string of the molecule is Cc1cnc(C(=O)N2C[C@@H]3OC(=O)N(CCCN4CCOCC4)[C@@H]3C2)cn1. The fraction of sp³-hybridized carbons (Fsp3) is 0.667. The Morgan fingerprint density at radius 2 is 2.00 bits per heavy atom. The van der Waals surface area contributed by atoms with E-state index in [1.807, 2.05) is 6.92 Å². The standard InChI is InChI=1S/C18H25N5O4/c1-13-9-20-14(10-19-13)17(24)22-11-15-16(12-22)27-18(25)23(15)4-2-3-21-5-7-26-8-6-21/h9-10,15-16H,2-8,11-12H2,1H3/t15-,16+/m1/s1. The predicted molar refractivity (Wildman–Crippen MR) is 95.3 cm³/mol. The molecule has 4 rings (SSSR count). The first-order valence-electron chi connectivity index (χ1n) is 9.47. The lowest BCUT2D eigenvalue weighted by Crippen LogP contribution is -2.42. The zero-order valence-corrected chi connectivity index (χ0v) is 15.5. The summed E-state index contributed by atoms with van der Waals surface area (Å²) < 4.78 is 10.9. The summed E-state index contributed by atoms with van der Waals surface area (Å²) in [5.74, 6) is -0.166. The second-order valence-corrected chi connectivity index (χ2v) is 7.24. The largest absolute Gasteiger partial charge is 0.442 e. The molecule has 0 radical (unpaired) electrons. The van der Waals surface area contributed by atoms with E-state index < -0.39 is 0 Å². The molecule has 9 heteroatoms. The molecule has 9 nitrogen and oxygen atoms in total. The lowest BCUT2D eigenvalue weighted by Gasteiger charge is -2.28. The van der Waals surface area contributed by atoms with Crippen molar-refractivity contribution in [1.29, 1.82) is 0 Å². The van der Waals surface area contributed by atoms with Gasteiger partial charge < -0.3 is 14.4 Å². The maximum Gasteiger partial charge on any atom is 0.410 e. The molecule has 0 N–H and O–H groups in total. The number of aryl methyl sites for hydroxylation is 1. The molecule has 0 aromatic carbocycles. The molecule has 2 atom stereocenters. The highest BCUT2D eigenvalue weighted by Gasteiger charge is 2.48. The number of fused-ring (bicyclic) bond motifs is 1. The van der Waals surface area contributed by atoms with Gasteiger partial charge in [-0.15, -0.1) is 0 Å². The summed E-state index contributed by atoms with van der Waals surface area (Å²) in [5.41, 5.74) is 1.09.